The maximum Gasteiger partial charge on any atom is 0.407 e. The normalized spacial score (nSPS) is 16.3. The van der Waals surface area contributed by atoms with Crippen LogP contribution in [0, 0.1) is 5.92 Å². The van der Waals surface area contributed by atoms with E-state index in [1.165, 1.54) is 7.11 Å². The van der Waals surface area contributed by atoms with E-state index >= 15 is 0 Å². The van der Waals surface area contributed by atoms with E-state index in [1.54, 1.807) is 0 Å². The number of hydrogen-bond acceptors (Lipinski definition) is 5. The molecule has 2 aliphatic carbocycles. The van der Waals surface area contributed by atoms with Crippen molar-refractivity contribution < 1.29 is 29.0 Å². The number of nitrogens with one attached hydrogen (secondary N) is 2. The van der Waals surface area contributed by atoms with Crippen molar-refractivity contribution in [2.24, 2.45) is 5.92 Å². The topological polar surface area (TPSA) is 114 Å². The number of rotatable bonds is 10. The number of carboxylic acids is 1. The Morgan fingerprint density at radius 1 is 1.03 bits per heavy atom. The molecule has 0 radical (unpaired) electrons. The first-order chi connectivity index (χ1) is 16.0. The quantitative estimate of drug-likeness (QED) is 0.511. The third-order valence-corrected chi connectivity index (χ3v) is 6.29. The number of ether oxygens (including phenoxy) is 2. The van der Waals surface area contributed by atoms with Gasteiger partial charge in [0.1, 0.15) is 6.61 Å². The second-order valence-corrected chi connectivity index (χ2v) is 8.48. The molecule has 2 aromatic carbocycles. The Bertz CT molecular complexity index is 990. The fourth-order valence-electron chi connectivity index (χ4n) is 4.38. The molecule has 0 aromatic heterocycles. The minimum atomic E-state index is -1.15. The molecule has 2 atom stereocenters. The average Bonchev–Trinajstić information content (AvgIpc) is 3.60. The van der Waals surface area contributed by atoms with Crippen LogP contribution in [-0.4, -0.2) is 55.5 Å². The van der Waals surface area contributed by atoms with Gasteiger partial charge in [-0.05, 0) is 41.0 Å². The molecule has 2 amide bonds. The molecule has 0 heterocycles. The van der Waals surface area contributed by atoms with E-state index in [4.69, 9.17) is 14.6 Å². The molecule has 174 valence electrons. The van der Waals surface area contributed by atoms with Gasteiger partial charge in [0.05, 0.1) is 6.54 Å². The van der Waals surface area contributed by atoms with Gasteiger partial charge in [-0.1, -0.05) is 48.5 Å². The predicted octanol–water partition coefficient (Wildman–Crippen LogP) is 2.91. The molecule has 0 saturated heterocycles. The van der Waals surface area contributed by atoms with E-state index in [0.29, 0.717) is 0 Å². The molecule has 1 fully saturated rings. The predicted molar refractivity (Wildman–Crippen MR) is 121 cm³/mol. The van der Waals surface area contributed by atoms with E-state index < -0.39 is 18.2 Å². The lowest BCUT2D eigenvalue weighted by molar-refractivity contribution is -0.148. The minimum absolute atomic E-state index is 0.0344. The molecular weight excluding hydrogens is 424 g/mol. The van der Waals surface area contributed by atoms with Crippen molar-refractivity contribution in [2.45, 2.75) is 37.3 Å². The minimum Gasteiger partial charge on any atom is -0.479 e. The van der Waals surface area contributed by atoms with Gasteiger partial charge in [-0.25, -0.2) is 9.59 Å². The number of methoxy groups -OCH3 is 1. The molecule has 8 nitrogen and oxygen atoms in total. The molecule has 3 N–H and O–H groups in total. The highest BCUT2D eigenvalue weighted by Crippen LogP contribution is 2.44. The van der Waals surface area contributed by atoms with Crippen molar-refractivity contribution in [1.29, 1.82) is 0 Å². The number of amides is 2. The fourth-order valence-corrected chi connectivity index (χ4v) is 4.38. The number of hydrogen-bond donors (Lipinski definition) is 3. The van der Waals surface area contributed by atoms with Crippen LogP contribution in [0.25, 0.3) is 11.1 Å². The van der Waals surface area contributed by atoms with Gasteiger partial charge in [0.25, 0.3) is 0 Å². The van der Waals surface area contributed by atoms with E-state index in [2.05, 4.69) is 34.9 Å². The summed E-state index contributed by atoms with van der Waals surface area (Å²) >= 11 is 0. The zero-order chi connectivity index (χ0) is 23.4. The Kier molecular flexibility index (Phi) is 6.93. The monoisotopic (exact) mass is 452 g/mol. The second-order valence-electron chi connectivity index (χ2n) is 8.48. The first-order valence-corrected chi connectivity index (χ1v) is 11.1. The average molecular weight is 453 g/mol. The molecule has 4 rings (SSSR count). The van der Waals surface area contributed by atoms with Crippen molar-refractivity contribution in [2.75, 3.05) is 20.3 Å². The summed E-state index contributed by atoms with van der Waals surface area (Å²) in [6, 6.07) is 15.9. The lowest BCUT2D eigenvalue weighted by Crippen LogP contribution is -2.43. The van der Waals surface area contributed by atoms with Gasteiger partial charge in [0.2, 0.25) is 5.91 Å². The van der Waals surface area contributed by atoms with E-state index in [9.17, 15) is 14.4 Å². The number of carboxylic acid groups (broad SMARTS) is 1. The Hall–Kier alpha value is -3.39. The summed E-state index contributed by atoms with van der Waals surface area (Å²) in [7, 11) is 1.27. The molecule has 2 unspecified atom stereocenters. The SMILES string of the molecule is COC(CNC(=O)CC(NC(=O)OCC1c2ccccc2-c2ccccc21)C1CC1)C(=O)O. The Morgan fingerprint density at radius 2 is 1.64 bits per heavy atom. The lowest BCUT2D eigenvalue weighted by Gasteiger charge is -2.20. The van der Waals surface area contributed by atoms with Crippen molar-refractivity contribution >= 4 is 18.0 Å². The first kappa shape index (κ1) is 22.8. The summed E-state index contributed by atoms with van der Waals surface area (Å²) in [5.41, 5.74) is 4.59. The number of aliphatic carboxylic acids is 1. The summed E-state index contributed by atoms with van der Waals surface area (Å²) < 4.78 is 10.4. The van der Waals surface area contributed by atoms with E-state index in [0.717, 1.165) is 35.1 Å². The standard InChI is InChI=1S/C25H28N2O6/c1-32-22(24(29)30)13-26-23(28)12-21(15-10-11-15)27-25(31)33-14-20-18-8-4-2-6-16(18)17-7-3-5-9-19(17)20/h2-9,15,20-22H,10-14H2,1H3,(H,26,28)(H,27,31)(H,29,30). The maximum atomic E-state index is 12.6. The number of carbonyl (C=O) groups is 3. The van der Waals surface area contributed by atoms with Crippen molar-refractivity contribution in [3.63, 3.8) is 0 Å². The van der Waals surface area contributed by atoms with Crippen LogP contribution in [-0.2, 0) is 19.1 Å². The second kappa shape index (κ2) is 10.0. The summed E-state index contributed by atoms with van der Waals surface area (Å²) in [6.07, 6.45) is 0.255. The van der Waals surface area contributed by atoms with Gasteiger partial charge in [0, 0.05) is 25.5 Å². The van der Waals surface area contributed by atoms with Crippen LogP contribution in [0.4, 0.5) is 4.79 Å². The third-order valence-electron chi connectivity index (χ3n) is 6.29. The lowest BCUT2D eigenvalue weighted by atomic mass is 9.98. The molecule has 2 aliphatic rings. The fraction of sp³-hybridized carbons (Fsp3) is 0.400. The summed E-state index contributed by atoms with van der Waals surface area (Å²) in [4.78, 5) is 35.9. The van der Waals surface area contributed by atoms with Crippen LogP contribution in [0.15, 0.2) is 48.5 Å². The summed E-state index contributed by atoms with van der Waals surface area (Å²) in [6.45, 7) is 0.0740. The van der Waals surface area contributed by atoms with E-state index in [-0.39, 0.29) is 43.4 Å². The van der Waals surface area contributed by atoms with Gasteiger partial charge in [-0.2, -0.15) is 0 Å². The van der Waals surface area contributed by atoms with Crippen LogP contribution in [0.5, 0.6) is 0 Å². The van der Waals surface area contributed by atoms with Crippen LogP contribution in [0.3, 0.4) is 0 Å². The smallest absolute Gasteiger partial charge is 0.407 e. The molecule has 0 spiro atoms. The Morgan fingerprint density at radius 3 is 2.18 bits per heavy atom. The van der Waals surface area contributed by atoms with Gasteiger partial charge >= 0.3 is 12.1 Å². The molecule has 1 saturated carbocycles. The van der Waals surface area contributed by atoms with Crippen molar-refractivity contribution in [3.05, 3.63) is 59.7 Å². The van der Waals surface area contributed by atoms with Gasteiger partial charge in [-0.3, -0.25) is 4.79 Å². The molecule has 2 aromatic rings. The van der Waals surface area contributed by atoms with Crippen molar-refractivity contribution in [1.82, 2.24) is 10.6 Å². The van der Waals surface area contributed by atoms with Crippen LogP contribution >= 0.6 is 0 Å². The van der Waals surface area contributed by atoms with Gasteiger partial charge < -0.3 is 25.2 Å². The zero-order valence-corrected chi connectivity index (χ0v) is 18.5. The Balaban J connectivity index is 1.32. The Labute approximate surface area is 192 Å². The maximum absolute atomic E-state index is 12.6. The highest BCUT2D eigenvalue weighted by molar-refractivity contribution is 5.80. The van der Waals surface area contributed by atoms with E-state index in [1.807, 2.05) is 24.3 Å². The molecule has 0 bridgehead atoms. The van der Waals surface area contributed by atoms with Gasteiger partial charge in [-0.15, -0.1) is 0 Å². The molecule has 0 aliphatic heterocycles. The third kappa shape index (κ3) is 5.34. The van der Waals surface area contributed by atoms with Gasteiger partial charge in [0.15, 0.2) is 6.10 Å². The zero-order valence-electron chi connectivity index (χ0n) is 18.5. The number of benzene rings is 2. The molecule has 8 heteroatoms. The first-order valence-electron chi connectivity index (χ1n) is 11.1. The van der Waals surface area contributed by atoms with Crippen LogP contribution in [0.2, 0.25) is 0 Å². The largest absolute Gasteiger partial charge is 0.479 e. The van der Waals surface area contributed by atoms with Crippen molar-refractivity contribution in [3.8, 4) is 11.1 Å². The van der Waals surface area contributed by atoms with Crippen LogP contribution in [0.1, 0.15) is 36.3 Å². The summed E-state index contributed by atoms with van der Waals surface area (Å²) in [5, 5.41) is 14.4. The summed E-state index contributed by atoms with van der Waals surface area (Å²) in [5.74, 6) is -1.30. The number of alkyl carbamates (subject to hydrolysis) is 1. The number of carbonyl (C=O) groups excluding carboxylic acids is 2. The molecular formula is C25H28N2O6. The number of fused-ring (bicyclic) bond motifs is 3. The highest BCUT2D eigenvalue weighted by atomic mass is 16.5. The van der Waals surface area contributed by atoms with Crippen LogP contribution < -0.4 is 10.6 Å². The molecule has 33 heavy (non-hydrogen) atoms. The highest BCUT2D eigenvalue weighted by Gasteiger charge is 2.35.